The highest BCUT2D eigenvalue weighted by atomic mass is 16.2. The fourth-order valence-electron chi connectivity index (χ4n) is 2.68. The average molecular weight is 281 g/mol. The lowest BCUT2D eigenvalue weighted by atomic mass is 9.96. The van der Waals surface area contributed by atoms with Crippen LogP contribution in [0.2, 0.25) is 0 Å². The van der Waals surface area contributed by atoms with E-state index < -0.39 is 0 Å². The van der Waals surface area contributed by atoms with Crippen LogP contribution in [0.25, 0.3) is 0 Å². The Balaban J connectivity index is 2.33. The molecule has 0 atom stereocenters. The standard InChI is InChI=1S/C19H23NO/c1-3-9-18-12-7-8-13-19(18)20(16(2)21)15-14-17-10-5-4-6-11-17/h3,7-8,12-13,15H,1,4-6,9-11H2,2H3. The lowest BCUT2D eigenvalue weighted by Gasteiger charge is -2.19. The van der Waals surface area contributed by atoms with Gasteiger partial charge in [0.1, 0.15) is 0 Å². The zero-order valence-corrected chi connectivity index (χ0v) is 12.8. The summed E-state index contributed by atoms with van der Waals surface area (Å²) in [4.78, 5) is 13.7. The number of nitrogens with zero attached hydrogens (tertiary/aromatic N) is 1. The second-order valence-electron chi connectivity index (χ2n) is 5.45. The number of amides is 1. The monoisotopic (exact) mass is 281 g/mol. The van der Waals surface area contributed by atoms with Crippen LogP contribution in [0.15, 0.2) is 54.4 Å². The van der Waals surface area contributed by atoms with Crippen LogP contribution in [0.4, 0.5) is 5.69 Å². The number of carbonyl (C=O) groups excluding carboxylic acids is 1. The summed E-state index contributed by atoms with van der Waals surface area (Å²) in [7, 11) is 0. The maximum Gasteiger partial charge on any atom is 0.228 e. The molecule has 1 aromatic carbocycles. The molecule has 1 aliphatic rings. The Kier molecular flexibility index (Phi) is 5.59. The molecule has 0 aromatic heterocycles. The number of rotatable bonds is 4. The molecule has 2 nitrogen and oxygen atoms in total. The first-order valence-corrected chi connectivity index (χ1v) is 7.65. The van der Waals surface area contributed by atoms with E-state index in [0.29, 0.717) is 0 Å². The lowest BCUT2D eigenvalue weighted by Crippen LogP contribution is -2.22. The number of para-hydroxylation sites is 1. The molecule has 1 saturated carbocycles. The molecule has 0 radical (unpaired) electrons. The maximum atomic E-state index is 12.0. The lowest BCUT2D eigenvalue weighted by molar-refractivity contribution is -0.116. The highest BCUT2D eigenvalue weighted by Crippen LogP contribution is 2.24. The van der Waals surface area contributed by atoms with Gasteiger partial charge in [0.05, 0.1) is 11.9 Å². The van der Waals surface area contributed by atoms with Crippen molar-refractivity contribution >= 4 is 11.6 Å². The zero-order valence-electron chi connectivity index (χ0n) is 12.8. The van der Waals surface area contributed by atoms with Gasteiger partial charge in [-0.15, -0.1) is 12.3 Å². The van der Waals surface area contributed by atoms with Crippen LogP contribution in [0.1, 0.15) is 44.6 Å². The first-order chi connectivity index (χ1) is 10.2. The van der Waals surface area contributed by atoms with Crippen molar-refractivity contribution in [2.24, 2.45) is 0 Å². The smallest absolute Gasteiger partial charge is 0.228 e. The third kappa shape index (κ3) is 4.21. The zero-order chi connectivity index (χ0) is 15.1. The van der Waals surface area contributed by atoms with Gasteiger partial charge in [-0.3, -0.25) is 9.69 Å². The molecule has 0 unspecified atom stereocenters. The molecule has 2 rings (SSSR count). The molecule has 1 aliphatic carbocycles. The largest absolute Gasteiger partial charge is 0.281 e. The minimum atomic E-state index is 0.00965. The Hall–Kier alpha value is -2.05. The van der Waals surface area contributed by atoms with Crippen molar-refractivity contribution in [1.82, 2.24) is 0 Å². The van der Waals surface area contributed by atoms with Crippen molar-refractivity contribution < 1.29 is 4.79 Å². The summed E-state index contributed by atoms with van der Waals surface area (Å²) in [5.41, 5.74) is 6.70. The quantitative estimate of drug-likeness (QED) is 0.575. The van der Waals surface area contributed by atoms with E-state index in [2.05, 4.69) is 12.3 Å². The molecule has 0 aliphatic heterocycles. The van der Waals surface area contributed by atoms with Gasteiger partial charge in [-0.1, -0.05) is 30.7 Å². The second-order valence-corrected chi connectivity index (χ2v) is 5.45. The van der Waals surface area contributed by atoms with Crippen molar-refractivity contribution in [1.29, 1.82) is 0 Å². The number of allylic oxidation sites excluding steroid dienone is 2. The van der Waals surface area contributed by atoms with Gasteiger partial charge in [0, 0.05) is 6.92 Å². The van der Waals surface area contributed by atoms with E-state index in [1.165, 1.54) is 24.8 Å². The summed E-state index contributed by atoms with van der Waals surface area (Å²) in [6.45, 7) is 5.38. The van der Waals surface area contributed by atoms with Crippen LogP contribution in [-0.4, -0.2) is 5.91 Å². The highest BCUT2D eigenvalue weighted by Gasteiger charge is 2.12. The van der Waals surface area contributed by atoms with Gasteiger partial charge >= 0.3 is 0 Å². The van der Waals surface area contributed by atoms with Crippen molar-refractivity contribution in [3.05, 3.63) is 60.0 Å². The van der Waals surface area contributed by atoms with E-state index in [1.807, 2.05) is 36.5 Å². The third-order valence-corrected chi connectivity index (χ3v) is 3.81. The summed E-state index contributed by atoms with van der Waals surface area (Å²) in [6, 6.07) is 7.96. The van der Waals surface area contributed by atoms with Gasteiger partial charge in [-0.05, 0) is 49.3 Å². The summed E-state index contributed by atoms with van der Waals surface area (Å²) in [6.07, 6.45) is 10.4. The third-order valence-electron chi connectivity index (χ3n) is 3.81. The van der Waals surface area contributed by atoms with E-state index in [4.69, 9.17) is 0 Å². The summed E-state index contributed by atoms with van der Waals surface area (Å²) in [5, 5.41) is 0. The molecule has 110 valence electrons. The minimum Gasteiger partial charge on any atom is -0.281 e. The van der Waals surface area contributed by atoms with E-state index in [1.54, 1.807) is 11.8 Å². The van der Waals surface area contributed by atoms with E-state index in [0.717, 1.165) is 30.5 Å². The van der Waals surface area contributed by atoms with Gasteiger partial charge in [0.15, 0.2) is 0 Å². The predicted octanol–water partition coefficient (Wildman–Crippen LogP) is 4.77. The Labute approximate surface area is 127 Å². The number of carbonyl (C=O) groups is 1. The van der Waals surface area contributed by atoms with Crippen LogP contribution >= 0.6 is 0 Å². The van der Waals surface area contributed by atoms with Crippen molar-refractivity contribution in [3.8, 4) is 0 Å². The molecule has 0 heterocycles. The molecule has 1 aromatic rings. The van der Waals surface area contributed by atoms with Gasteiger partial charge in [-0.25, -0.2) is 0 Å². The average Bonchev–Trinajstić information content (AvgIpc) is 2.50. The molecule has 21 heavy (non-hydrogen) atoms. The molecule has 2 heteroatoms. The van der Waals surface area contributed by atoms with Crippen LogP contribution in [0, 0.1) is 0 Å². The predicted molar refractivity (Wildman–Crippen MR) is 88.2 cm³/mol. The van der Waals surface area contributed by atoms with Crippen LogP contribution in [0.3, 0.4) is 0 Å². The molecule has 0 N–H and O–H groups in total. The van der Waals surface area contributed by atoms with Crippen molar-refractivity contribution in [2.45, 2.75) is 45.4 Å². The fourth-order valence-corrected chi connectivity index (χ4v) is 2.68. The Bertz CT molecular complexity index is 571. The van der Waals surface area contributed by atoms with Crippen molar-refractivity contribution in [3.63, 3.8) is 0 Å². The Morgan fingerprint density at radius 2 is 2.00 bits per heavy atom. The SMILES string of the molecule is C=CCc1ccccc1N(C=C=C1CCCCC1)C(C)=O. The first kappa shape index (κ1) is 15.3. The Morgan fingerprint density at radius 3 is 2.67 bits per heavy atom. The highest BCUT2D eigenvalue weighted by molar-refractivity contribution is 5.94. The second kappa shape index (κ2) is 7.66. The minimum absolute atomic E-state index is 0.00965. The first-order valence-electron chi connectivity index (χ1n) is 7.65. The molecule has 1 amide bonds. The van der Waals surface area contributed by atoms with Crippen LogP contribution < -0.4 is 4.90 Å². The topological polar surface area (TPSA) is 20.3 Å². The van der Waals surface area contributed by atoms with E-state index in [-0.39, 0.29) is 5.91 Å². The summed E-state index contributed by atoms with van der Waals surface area (Å²) in [5.74, 6) is 0.00965. The molecular weight excluding hydrogens is 258 g/mol. The molecule has 0 saturated heterocycles. The normalized spacial score (nSPS) is 14.2. The molecule has 1 fully saturated rings. The number of hydrogen-bond acceptors (Lipinski definition) is 1. The van der Waals surface area contributed by atoms with E-state index >= 15 is 0 Å². The Morgan fingerprint density at radius 1 is 1.29 bits per heavy atom. The maximum absolute atomic E-state index is 12.0. The number of benzene rings is 1. The van der Waals surface area contributed by atoms with Gasteiger partial charge in [0.25, 0.3) is 0 Å². The number of hydrogen-bond donors (Lipinski definition) is 0. The van der Waals surface area contributed by atoms with Gasteiger partial charge in [-0.2, -0.15) is 0 Å². The summed E-state index contributed by atoms with van der Waals surface area (Å²) < 4.78 is 0. The summed E-state index contributed by atoms with van der Waals surface area (Å²) >= 11 is 0. The number of anilines is 1. The van der Waals surface area contributed by atoms with Crippen LogP contribution in [0.5, 0.6) is 0 Å². The van der Waals surface area contributed by atoms with Crippen LogP contribution in [-0.2, 0) is 11.2 Å². The molecule has 0 spiro atoms. The fraction of sp³-hybridized carbons (Fsp3) is 0.368. The molecular formula is C19H23NO. The van der Waals surface area contributed by atoms with Crippen molar-refractivity contribution in [2.75, 3.05) is 4.90 Å². The van der Waals surface area contributed by atoms with Gasteiger partial charge in [0.2, 0.25) is 5.91 Å². The van der Waals surface area contributed by atoms with E-state index in [9.17, 15) is 4.79 Å². The molecule has 0 bridgehead atoms. The van der Waals surface area contributed by atoms with Gasteiger partial charge < -0.3 is 0 Å².